The predicted octanol–water partition coefficient (Wildman–Crippen LogP) is 2.83. The third-order valence-corrected chi connectivity index (χ3v) is 3.63. The lowest BCUT2D eigenvalue weighted by molar-refractivity contribution is -0.138. The van der Waals surface area contributed by atoms with E-state index in [0.717, 1.165) is 0 Å². The summed E-state index contributed by atoms with van der Waals surface area (Å²) in [6.45, 7) is 3.45. The summed E-state index contributed by atoms with van der Waals surface area (Å²) in [6, 6.07) is 5.40. The number of carbonyl (C=O) groups excluding carboxylic acids is 1. The molecule has 0 aliphatic rings. The molecule has 0 aliphatic carbocycles. The molecule has 0 radical (unpaired) electrons. The number of benzene rings is 1. The molecule has 1 atom stereocenters. The van der Waals surface area contributed by atoms with Crippen LogP contribution in [0.2, 0.25) is 0 Å². The molecule has 21 heavy (non-hydrogen) atoms. The van der Waals surface area contributed by atoms with Crippen molar-refractivity contribution in [3.05, 3.63) is 42.7 Å². The largest absolute Gasteiger partial charge is 0.461 e. The van der Waals surface area contributed by atoms with Crippen molar-refractivity contribution in [1.82, 2.24) is 14.8 Å². The molecule has 0 saturated heterocycles. The monoisotopic (exact) mass is 311 g/mol. The zero-order chi connectivity index (χ0) is 15.5. The van der Waals surface area contributed by atoms with E-state index in [1.807, 2.05) is 0 Å². The van der Waals surface area contributed by atoms with Crippen LogP contribution in [0.5, 0.6) is 5.75 Å². The van der Waals surface area contributed by atoms with Crippen LogP contribution in [0.4, 0.5) is 4.39 Å². The fourth-order valence-electron chi connectivity index (χ4n) is 1.61. The molecule has 0 aliphatic heterocycles. The second kappa shape index (κ2) is 6.22. The SMILES string of the molecule is CC(C)(CCl)C(=O)C(Oc1ccc(F)cc1)n1cncn1. The number of alkyl halides is 1. The van der Waals surface area contributed by atoms with E-state index in [9.17, 15) is 9.18 Å². The van der Waals surface area contributed by atoms with Crippen molar-refractivity contribution >= 4 is 17.4 Å². The van der Waals surface area contributed by atoms with Gasteiger partial charge in [-0.25, -0.2) is 14.1 Å². The Kier molecular flexibility index (Phi) is 4.57. The van der Waals surface area contributed by atoms with Gasteiger partial charge in [0, 0.05) is 11.3 Å². The van der Waals surface area contributed by atoms with Gasteiger partial charge >= 0.3 is 0 Å². The third kappa shape index (κ3) is 3.58. The van der Waals surface area contributed by atoms with Crippen molar-refractivity contribution in [2.24, 2.45) is 5.41 Å². The number of nitrogens with zero attached hydrogens (tertiary/aromatic N) is 3. The Labute approximate surface area is 126 Å². The van der Waals surface area contributed by atoms with Gasteiger partial charge in [0.15, 0.2) is 0 Å². The quantitative estimate of drug-likeness (QED) is 0.770. The van der Waals surface area contributed by atoms with Crippen LogP contribution in [0.25, 0.3) is 0 Å². The highest BCUT2D eigenvalue weighted by atomic mass is 35.5. The molecule has 112 valence electrons. The van der Waals surface area contributed by atoms with Gasteiger partial charge in [-0.15, -0.1) is 11.6 Å². The summed E-state index contributed by atoms with van der Waals surface area (Å²) in [6.07, 6.45) is 1.69. The molecule has 2 rings (SSSR count). The van der Waals surface area contributed by atoms with Gasteiger partial charge < -0.3 is 4.74 Å². The first kappa shape index (κ1) is 15.4. The molecule has 0 amide bonds. The average molecular weight is 312 g/mol. The minimum atomic E-state index is -1.01. The van der Waals surface area contributed by atoms with E-state index in [0.29, 0.717) is 5.75 Å². The minimum Gasteiger partial charge on any atom is -0.461 e. The standard InChI is InChI=1S/C14H15ClFN3O2/c1-14(2,7-15)12(20)13(19-9-17-8-18-19)21-11-5-3-10(16)4-6-11/h3-6,8-9,13H,7H2,1-2H3. The summed E-state index contributed by atoms with van der Waals surface area (Å²) in [7, 11) is 0. The molecule has 1 heterocycles. The number of aromatic nitrogens is 3. The normalized spacial score (nSPS) is 13.0. The van der Waals surface area contributed by atoms with Crippen LogP contribution in [0, 0.1) is 11.2 Å². The Hall–Kier alpha value is -1.95. The van der Waals surface area contributed by atoms with Gasteiger partial charge in [-0.2, -0.15) is 5.10 Å². The van der Waals surface area contributed by atoms with Gasteiger partial charge in [-0.1, -0.05) is 13.8 Å². The van der Waals surface area contributed by atoms with Gasteiger partial charge in [0.05, 0.1) is 0 Å². The summed E-state index contributed by atoms with van der Waals surface area (Å²) in [4.78, 5) is 16.4. The number of Topliss-reactive ketones (excluding diaryl/α,β-unsaturated/α-hetero) is 1. The predicted molar refractivity (Wildman–Crippen MR) is 75.6 cm³/mol. The lowest BCUT2D eigenvalue weighted by Crippen LogP contribution is -2.37. The van der Waals surface area contributed by atoms with Crippen molar-refractivity contribution in [3.63, 3.8) is 0 Å². The Morgan fingerprint density at radius 2 is 2.10 bits per heavy atom. The molecular formula is C14H15ClFN3O2. The Balaban J connectivity index is 2.29. The smallest absolute Gasteiger partial charge is 0.252 e. The highest BCUT2D eigenvalue weighted by Gasteiger charge is 2.36. The maximum Gasteiger partial charge on any atom is 0.252 e. The summed E-state index contributed by atoms with van der Waals surface area (Å²) in [5.74, 6) is -0.126. The highest BCUT2D eigenvalue weighted by molar-refractivity contribution is 6.20. The molecule has 0 fully saturated rings. The lowest BCUT2D eigenvalue weighted by Gasteiger charge is -2.26. The van der Waals surface area contributed by atoms with E-state index in [4.69, 9.17) is 16.3 Å². The topological polar surface area (TPSA) is 57.0 Å². The van der Waals surface area contributed by atoms with Crippen LogP contribution in [-0.2, 0) is 4.79 Å². The molecule has 1 aromatic heterocycles. The first-order valence-electron chi connectivity index (χ1n) is 6.30. The van der Waals surface area contributed by atoms with Crippen molar-refractivity contribution in [2.45, 2.75) is 20.1 Å². The molecule has 2 aromatic rings. The number of halogens is 2. The Bertz CT molecular complexity index is 599. The van der Waals surface area contributed by atoms with Crippen molar-refractivity contribution in [2.75, 3.05) is 5.88 Å². The van der Waals surface area contributed by atoms with Crippen LogP contribution in [0.3, 0.4) is 0 Å². The van der Waals surface area contributed by atoms with Crippen LogP contribution in [0.15, 0.2) is 36.9 Å². The molecule has 1 aromatic carbocycles. The Morgan fingerprint density at radius 3 is 2.62 bits per heavy atom. The maximum absolute atomic E-state index is 12.9. The van der Waals surface area contributed by atoms with Gasteiger partial charge in [-0.3, -0.25) is 4.79 Å². The number of hydrogen-bond acceptors (Lipinski definition) is 4. The number of ether oxygens (including phenoxy) is 1. The van der Waals surface area contributed by atoms with E-state index in [1.54, 1.807) is 13.8 Å². The third-order valence-electron chi connectivity index (χ3n) is 2.96. The van der Waals surface area contributed by atoms with E-state index in [-0.39, 0.29) is 17.5 Å². The van der Waals surface area contributed by atoms with E-state index < -0.39 is 11.6 Å². The summed E-state index contributed by atoms with van der Waals surface area (Å²) in [5, 5.41) is 3.94. The number of carbonyl (C=O) groups is 1. The summed E-state index contributed by atoms with van der Waals surface area (Å²) >= 11 is 5.85. The van der Waals surface area contributed by atoms with E-state index in [2.05, 4.69) is 10.1 Å². The molecule has 5 nitrogen and oxygen atoms in total. The first-order valence-corrected chi connectivity index (χ1v) is 6.84. The molecule has 0 bridgehead atoms. The zero-order valence-electron chi connectivity index (χ0n) is 11.7. The maximum atomic E-state index is 12.9. The van der Waals surface area contributed by atoms with Crippen molar-refractivity contribution in [1.29, 1.82) is 0 Å². The molecule has 0 spiro atoms. The van der Waals surface area contributed by atoms with Crippen LogP contribution in [0.1, 0.15) is 20.1 Å². The molecule has 7 heteroatoms. The van der Waals surface area contributed by atoms with Crippen molar-refractivity contribution < 1.29 is 13.9 Å². The molecule has 1 unspecified atom stereocenters. The number of ketones is 1. The molecular weight excluding hydrogens is 297 g/mol. The fourth-order valence-corrected chi connectivity index (χ4v) is 1.74. The van der Waals surface area contributed by atoms with Gasteiger partial charge in [0.25, 0.3) is 6.23 Å². The fraction of sp³-hybridized carbons (Fsp3) is 0.357. The minimum absolute atomic E-state index is 0.143. The second-order valence-corrected chi connectivity index (χ2v) is 5.45. The zero-order valence-corrected chi connectivity index (χ0v) is 12.4. The van der Waals surface area contributed by atoms with Gasteiger partial charge in [0.1, 0.15) is 24.2 Å². The lowest BCUT2D eigenvalue weighted by atomic mass is 9.89. The van der Waals surface area contributed by atoms with Gasteiger partial charge in [0.2, 0.25) is 5.78 Å². The first-order chi connectivity index (χ1) is 9.94. The van der Waals surface area contributed by atoms with E-state index in [1.165, 1.54) is 41.6 Å². The Morgan fingerprint density at radius 1 is 1.43 bits per heavy atom. The summed E-state index contributed by atoms with van der Waals surface area (Å²) < 4.78 is 19.9. The van der Waals surface area contributed by atoms with Crippen LogP contribution >= 0.6 is 11.6 Å². The van der Waals surface area contributed by atoms with Crippen LogP contribution in [-0.4, -0.2) is 26.4 Å². The van der Waals surface area contributed by atoms with Gasteiger partial charge in [-0.05, 0) is 24.3 Å². The molecule has 0 saturated carbocycles. The average Bonchev–Trinajstić information content (AvgIpc) is 3.00. The van der Waals surface area contributed by atoms with Crippen LogP contribution < -0.4 is 4.74 Å². The number of hydrogen-bond donors (Lipinski definition) is 0. The second-order valence-electron chi connectivity index (χ2n) is 5.18. The summed E-state index contributed by atoms with van der Waals surface area (Å²) in [5.41, 5.74) is -0.793. The molecule has 0 N–H and O–H groups in total. The van der Waals surface area contributed by atoms with Crippen molar-refractivity contribution in [3.8, 4) is 5.75 Å². The number of rotatable bonds is 6. The van der Waals surface area contributed by atoms with E-state index >= 15 is 0 Å². The highest BCUT2D eigenvalue weighted by Crippen LogP contribution is 2.27.